The molecular weight excluding hydrogens is 414 g/mol. The first-order chi connectivity index (χ1) is 15.4. The predicted molar refractivity (Wildman–Crippen MR) is 117 cm³/mol. The molecule has 0 bridgehead atoms. The van der Waals surface area contributed by atoms with E-state index in [9.17, 15) is 24.5 Å². The number of carbonyl (C=O) groups is 3. The highest BCUT2D eigenvalue weighted by molar-refractivity contribution is 6.09. The molecule has 1 saturated heterocycles. The SMILES string of the molecule is O=C1N[C@@H](CCC(=O)N2CCN(c3ccc([N+](=O)[O-])cc3)CC2)C(=O)Nc2ccccc21. The van der Waals surface area contributed by atoms with E-state index in [1.165, 1.54) is 12.1 Å². The van der Waals surface area contributed by atoms with E-state index in [1.54, 1.807) is 41.3 Å². The minimum absolute atomic E-state index is 0.0419. The van der Waals surface area contributed by atoms with Crippen molar-refractivity contribution in [3.8, 4) is 0 Å². The van der Waals surface area contributed by atoms with Crippen molar-refractivity contribution in [2.45, 2.75) is 18.9 Å². The summed E-state index contributed by atoms with van der Waals surface area (Å²) in [6.45, 7) is 2.26. The van der Waals surface area contributed by atoms with Crippen LogP contribution >= 0.6 is 0 Å². The number of nitrogens with one attached hydrogen (secondary N) is 2. The van der Waals surface area contributed by atoms with Gasteiger partial charge in [-0.15, -0.1) is 0 Å². The molecule has 1 atom stereocenters. The molecule has 2 aromatic rings. The van der Waals surface area contributed by atoms with E-state index in [-0.39, 0.29) is 36.3 Å². The minimum atomic E-state index is -0.778. The molecule has 2 aliphatic heterocycles. The third kappa shape index (κ3) is 4.53. The molecule has 0 radical (unpaired) electrons. The van der Waals surface area contributed by atoms with Gasteiger partial charge >= 0.3 is 0 Å². The minimum Gasteiger partial charge on any atom is -0.368 e. The van der Waals surface area contributed by atoms with E-state index in [2.05, 4.69) is 15.5 Å². The number of piperazine rings is 1. The Morgan fingerprint density at radius 1 is 1.03 bits per heavy atom. The Morgan fingerprint density at radius 3 is 2.41 bits per heavy atom. The van der Waals surface area contributed by atoms with Crippen LogP contribution in [0.5, 0.6) is 0 Å². The van der Waals surface area contributed by atoms with Gasteiger partial charge in [0.1, 0.15) is 6.04 Å². The smallest absolute Gasteiger partial charge is 0.269 e. The summed E-state index contributed by atoms with van der Waals surface area (Å²) in [5, 5.41) is 16.2. The maximum absolute atomic E-state index is 12.7. The number of non-ortho nitro benzene ring substituents is 1. The highest BCUT2D eigenvalue weighted by atomic mass is 16.6. The van der Waals surface area contributed by atoms with Crippen molar-refractivity contribution in [3.63, 3.8) is 0 Å². The lowest BCUT2D eigenvalue weighted by molar-refractivity contribution is -0.384. The number of nitro groups is 1. The topological polar surface area (TPSA) is 125 Å². The van der Waals surface area contributed by atoms with Crippen molar-refractivity contribution in [3.05, 3.63) is 64.2 Å². The van der Waals surface area contributed by atoms with Crippen LogP contribution in [0.25, 0.3) is 0 Å². The van der Waals surface area contributed by atoms with Gasteiger partial charge < -0.3 is 20.4 Å². The summed E-state index contributed by atoms with van der Waals surface area (Å²) in [7, 11) is 0. The molecule has 4 rings (SSSR count). The second-order valence-corrected chi connectivity index (χ2v) is 7.74. The number of nitrogens with zero attached hydrogens (tertiary/aromatic N) is 3. The Kier molecular flexibility index (Phi) is 6.02. The number of rotatable bonds is 5. The predicted octanol–water partition coefficient (Wildman–Crippen LogP) is 1.77. The summed E-state index contributed by atoms with van der Waals surface area (Å²) >= 11 is 0. The molecule has 0 spiro atoms. The van der Waals surface area contributed by atoms with Gasteiger partial charge in [0.15, 0.2) is 0 Å². The van der Waals surface area contributed by atoms with Gasteiger partial charge in [-0.3, -0.25) is 24.5 Å². The van der Waals surface area contributed by atoms with E-state index >= 15 is 0 Å². The Balaban J connectivity index is 1.28. The maximum atomic E-state index is 12.7. The van der Waals surface area contributed by atoms with Crippen molar-refractivity contribution in [1.82, 2.24) is 10.2 Å². The van der Waals surface area contributed by atoms with Gasteiger partial charge in [-0.1, -0.05) is 12.1 Å². The third-order valence-electron chi connectivity index (χ3n) is 5.76. The van der Waals surface area contributed by atoms with Crippen LogP contribution in [0, 0.1) is 10.1 Å². The van der Waals surface area contributed by atoms with Gasteiger partial charge in [-0.25, -0.2) is 0 Å². The van der Waals surface area contributed by atoms with E-state index in [0.29, 0.717) is 37.4 Å². The molecule has 166 valence electrons. The zero-order valence-corrected chi connectivity index (χ0v) is 17.3. The van der Waals surface area contributed by atoms with Crippen molar-refractivity contribution in [2.24, 2.45) is 0 Å². The van der Waals surface area contributed by atoms with Crippen molar-refractivity contribution in [2.75, 3.05) is 36.4 Å². The number of benzene rings is 2. The van der Waals surface area contributed by atoms with Gasteiger partial charge in [-0.2, -0.15) is 0 Å². The van der Waals surface area contributed by atoms with E-state index < -0.39 is 11.0 Å². The molecule has 2 aromatic carbocycles. The summed E-state index contributed by atoms with van der Waals surface area (Å²) < 4.78 is 0. The average Bonchev–Trinajstić information content (AvgIpc) is 2.93. The van der Waals surface area contributed by atoms with Crippen LogP contribution in [0.2, 0.25) is 0 Å². The van der Waals surface area contributed by atoms with Crippen LogP contribution < -0.4 is 15.5 Å². The molecule has 2 aliphatic rings. The summed E-state index contributed by atoms with van der Waals surface area (Å²) in [5.41, 5.74) is 1.78. The maximum Gasteiger partial charge on any atom is 0.269 e. The molecule has 2 heterocycles. The number of carbonyl (C=O) groups excluding carboxylic acids is 3. The lowest BCUT2D eigenvalue weighted by Crippen LogP contribution is -2.49. The Labute approximate surface area is 184 Å². The normalized spacial score (nSPS) is 18.3. The highest BCUT2D eigenvalue weighted by Gasteiger charge is 2.29. The number of nitro benzene ring substituents is 1. The fraction of sp³-hybridized carbons (Fsp3) is 0.318. The lowest BCUT2D eigenvalue weighted by atomic mass is 10.1. The summed E-state index contributed by atoms with van der Waals surface area (Å²) in [6.07, 6.45) is 0.360. The van der Waals surface area contributed by atoms with Crippen LogP contribution in [0.4, 0.5) is 17.1 Å². The fourth-order valence-corrected chi connectivity index (χ4v) is 3.94. The molecule has 0 saturated carbocycles. The van der Waals surface area contributed by atoms with Gasteiger partial charge in [-0.05, 0) is 30.7 Å². The van der Waals surface area contributed by atoms with Gasteiger partial charge in [0, 0.05) is 50.4 Å². The summed E-state index contributed by atoms with van der Waals surface area (Å²) in [5.74, 6) is -0.746. The Morgan fingerprint density at radius 2 is 1.72 bits per heavy atom. The molecule has 10 heteroatoms. The van der Waals surface area contributed by atoms with Crippen LogP contribution in [-0.2, 0) is 9.59 Å². The molecule has 1 fully saturated rings. The molecule has 2 N–H and O–H groups in total. The highest BCUT2D eigenvalue weighted by Crippen LogP contribution is 2.22. The standard InChI is InChI=1S/C22H23N5O5/c28-20(10-9-19-22(30)23-18-4-2-1-3-17(18)21(29)24-19)26-13-11-25(12-14-26)15-5-7-16(8-6-15)27(31)32/h1-8,19H,9-14H2,(H,23,30)(H,24,29)/t19-/m0/s1. The van der Waals surface area contributed by atoms with Crippen molar-refractivity contribution >= 4 is 34.8 Å². The first kappa shape index (κ1) is 21.3. The van der Waals surface area contributed by atoms with Gasteiger partial charge in [0.05, 0.1) is 16.2 Å². The van der Waals surface area contributed by atoms with E-state index in [4.69, 9.17) is 0 Å². The molecule has 3 amide bonds. The first-order valence-electron chi connectivity index (χ1n) is 10.4. The zero-order valence-electron chi connectivity index (χ0n) is 17.3. The first-order valence-corrected chi connectivity index (χ1v) is 10.4. The molecule has 32 heavy (non-hydrogen) atoms. The lowest BCUT2D eigenvalue weighted by Gasteiger charge is -2.36. The average molecular weight is 437 g/mol. The van der Waals surface area contributed by atoms with E-state index in [1.807, 2.05) is 0 Å². The van der Waals surface area contributed by atoms with Crippen LogP contribution in [0.15, 0.2) is 48.5 Å². The number of amides is 3. The van der Waals surface area contributed by atoms with E-state index in [0.717, 1.165) is 5.69 Å². The number of hydrogen-bond donors (Lipinski definition) is 2. The monoisotopic (exact) mass is 437 g/mol. The van der Waals surface area contributed by atoms with Crippen molar-refractivity contribution < 1.29 is 19.3 Å². The number of hydrogen-bond acceptors (Lipinski definition) is 6. The third-order valence-corrected chi connectivity index (χ3v) is 5.76. The van der Waals surface area contributed by atoms with Crippen LogP contribution in [0.1, 0.15) is 23.2 Å². The number of fused-ring (bicyclic) bond motifs is 1. The Hall–Kier alpha value is -3.95. The summed E-state index contributed by atoms with van der Waals surface area (Å²) in [4.78, 5) is 51.7. The Bertz CT molecular complexity index is 1050. The largest absolute Gasteiger partial charge is 0.368 e. The van der Waals surface area contributed by atoms with Crippen LogP contribution in [-0.4, -0.2) is 59.8 Å². The molecule has 10 nitrogen and oxygen atoms in total. The van der Waals surface area contributed by atoms with Crippen molar-refractivity contribution in [1.29, 1.82) is 0 Å². The van der Waals surface area contributed by atoms with Crippen LogP contribution in [0.3, 0.4) is 0 Å². The molecule has 0 aromatic heterocycles. The zero-order chi connectivity index (χ0) is 22.7. The fourth-order valence-electron chi connectivity index (χ4n) is 3.94. The second-order valence-electron chi connectivity index (χ2n) is 7.74. The second kappa shape index (κ2) is 9.04. The number of para-hydroxylation sites is 1. The molecular formula is C22H23N5O5. The molecule has 0 unspecified atom stereocenters. The molecule has 0 aliphatic carbocycles. The quantitative estimate of drug-likeness (QED) is 0.543. The summed E-state index contributed by atoms with van der Waals surface area (Å²) in [6, 6.07) is 12.4. The van der Waals surface area contributed by atoms with Gasteiger partial charge in [0.25, 0.3) is 11.6 Å². The van der Waals surface area contributed by atoms with Gasteiger partial charge in [0.2, 0.25) is 11.8 Å². The number of anilines is 2.